The summed E-state index contributed by atoms with van der Waals surface area (Å²) in [5.74, 6) is 0.651. The number of hydrogen-bond donors (Lipinski definition) is 0. The highest BCUT2D eigenvalue weighted by atomic mass is 19.2. The minimum atomic E-state index is -0.753. The van der Waals surface area contributed by atoms with Gasteiger partial charge in [0.05, 0.1) is 0 Å². The quantitative estimate of drug-likeness (QED) is 0.195. The molecule has 2 aliphatic carbocycles. The zero-order valence-electron chi connectivity index (χ0n) is 19.8. The second kappa shape index (κ2) is 13.6. The Morgan fingerprint density at radius 1 is 0.848 bits per heavy atom. The molecule has 0 amide bonds. The van der Waals surface area contributed by atoms with Crippen LogP contribution >= 0.6 is 0 Å². The van der Waals surface area contributed by atoms with Crippen molar-refractivity contribution >= 4 is 0 Å². The molecule has 0 atom stereocenters. The van der Waals surface area contributed by atoms with E-state index >= 15 is 0 Å². The lowest BCUT2D eigenvalue weighted by atomic mass is 9.76. The smallest absolute Gasteiger partial charge is 0.199 e. The highest BCUT2D eigenvalue weighted by molar-refractivity contribution is 5.22. The summed E-state index contributed by atoms with van der Waals surface area (Å²) in [6.07, 6.45) is 22.2. The van der Waals surface area contributed by atoms with Crippen molar-refractivity contribution in [1.82, 2.24) is 0 Å². The molecule has 1 aromatic carbocycles. The number of halogens is 3. The highest BCUT2D eigenvalue weighted by Gasteiger charge is 2.24. The van der Waals surface area contributed by atoms with Crippen LogP contribution in [0.1, 0.15) is 101 Å². The maximum atomic E-state index is 13.5. The van der Waals surface area contributed by atoms with Crippen molar-refractivity contribution in [2.75, 3.05) is 0 Å². The van der Waals surface area contributed by atoms with Crippen molar-refractivity contribution in [1.29, 1.82) is 5.26 Å². The second-order valence-corrected chi connectivity index (χ2v) is 10.2. The molecule has 1 nitrogen and oxygen atoms in total. The van der Waals surface area contributed by atoms with Crippen molar-refractivity contribution in [3.63, 3.8) is 0 Å². The van der Waals surface area contributed by atoms with Gasteiger partial charge in [-0.2, -0.15) is 9.65 Å². The van der Waals surface area contributed by atoms with E-state index < -0.39 is 17.5 Å². The number of benzene rings is 1. The van der Waals surface area contributed by atoms with Gasteiger partial charge < -0.3 is 0 Å². The lowest BCUT2D eigenvalue weighted by molar-refractivity contribution is 0.244. The van der Waals surface area contributed by atoms with E-state index in [1.165, 1.54) is 94.9 Å². The Morgan fingerprint density at radius 2 is 1.42 bits per heavy atom. The van der Waals surface area contributed by atoms with Crippen molar-refractivity contribution in [3.05, 3.63) is 59.5 Å². The van der Waals surface area contributed by atoms with Crippen molar-refractivity contribution in [2.45, 2.75) is 95.8 Å². The molecule has 4 heteroatoms. The van der Waals surface area contributed by atoms with Gasteiger partial charge in [-0.25, -0.2) is 8.78 Å². The second-order valence-electron chi connectivity index (χ2n) is 10.2. The van der Waals surface area contributed by atoms with E-state index in [9.17, 15) is 13.2 Å². The van der Waals surface area contributed by atoms with E-state index in [1.807, 2.05) is 6.08 Å². The molecule has 0 unspecified atom stereocenters. The van der Waals surface area contributed by atoms with Crippen LogP contribution in [-0.2, 0) is 0 Å². The summed E-state index contributed by atoms with van der Waals surface area (Å²) in [5, 5.41) is 8.38. The molecule has 3 rings (SSSR count). The molecule has 0 spiro atoms. The molecule has 2 saturated carbocycles. The Morgan fingerprint density at radius 3 is 2.00 bits per heavy atom. The van der Waals surface area contributed by atoms with Gasteiger partial charge in [0.1, 0.15) is 6.07 Å². The Labute approximate surface area is 197 Å². The SMILES string of the molecule is N#C/C(F)=C/C=C/CC[C@H]1CC[C@H](CCCC[C@H]2CC[C@H](c3ccc(F)c(F)c3)CC2)CC1. The zero-order chi connectivity index (χ0) is 23.5. The average Bonchev–Trinajstić information content (AvgIpc) is 2.84. The van der Waals surface area contributed by atoms with E-state index in [1.54, 1.807) is 12.1 Å². The first-order chi connectivity index (χ1) is 16.0. The molecule has 180 valence electrons. The molecule has 0 saturated heterocycles. The minimum Gasteiger partial charge on any atom is -0.204 e. The molecule has 0 aromatic heterocycles. The van der Waals surface area contributed by atoms with Crippen LogP contribution in [0.25, 0.3) is 0 Å². The van der Waals surface area contributed by atoms with Crippen LogP contribution < -0.4 is 0 Å². The topological polar surface area (TPSA) is 23.8 Å². The van der Waals surface area contributed by atoms with Gasteiger partial charge in [-0.1, -0.05) is 69.6 Å². The lowest BCUT2D eigenvalue weighted by Gasteiger charge is -2.30. The van der Waals surface area contributed by atoms with Gasteiger partial charge in [0, 0.05) is 0 Å². The summed E-state index contributed by atoms with van der Waals surface area (Å²) in [4.78, 5) is 0. The third-order valence-corrected chi connectivity index (χ3v) is 7.93. The number of nitrogens with zero attached hydrogens (tertiary/aromatic N) is 1. The van der Waals surface area contributed by atoms with Gasteiger partial charge in [-0.05, 0) is 86.0 Å². The van der Waals surface area contributed by atoms with E-state index in [0.717, 1.165) is 42.6 Å². The third kappa shape index (κ3) is 8.69. The molecule has 0 N–H and O–H groups in total. The average molecular weight is 458 g/mol. The number of allylic oxidation sites excluding steroid dienone is 4. The Hall–Kier alpha value is -2.02. The number of hydrogen-bond acceptors (Lipinski definition) is 1. The largest absolute Gasteiger partial charge is 0.204 e. The van der Waals surface area contributed by atoms with Gasteiger partial charge in [-0.3, -0.25) is 0 Å². The van der Waals surface area contributed by atoms with E-state index in [2.05, 4.69) is 0 Å². The van der Waals surface area contributed by atoms with Gasteiger partial charge in [0.2, 0.25) is 0 Å². The first-order valence-corrected chi connectivity index (χ1v) is 12.9. The summed E-state index contributed by atoms with van der Waals surface area (Å²) in [7, 11) is 0. The predicted molar refractivity (Wildman–Crippen MR) is 128 cm³/mol. The van der Waals surface area contributed by atoms with Crippen molar-refractivity contribution < 1.29 is 13.2 Å². The Bertz CT molecular complexity index is 822. The Balaban J connectivity index is 1.22. The van der Waals surface area contributed by atoms with Gasteiger partial charge in [-0.15, -0.1) is 0 Å². The molecule has 0 bridgehead atoms. The fraction of sp³-hybridized carbons (Fsp3) is 0.621. The van der Waals surface area contributed by atoms with Crippen LogP contribution in [0.3, 0.4) is 0 Å². The lowest BCUT2D eigenvalue weighted by Crippen LogP contribution is -2.15. The van der Waals surface area contributed by atoms with Crippen LogP contribution in [0.15, 0.2) is 42.3 Å². The van der Waals surface area contributed by atoms with Crippen LogP contribution in [0, 0.1) is 40.7 Å². The van der Waals surface area contributed by atoms with Gasteiger partial charge in [0.25, 0.3) is 0 Å². The molecular formula is C29H38F3N. The van der Waals surface area contributed by atoms with Crippen LogP contribution in [0.4, 0.5) is 13.2 Å². The molecule has 2 fully saturated rings. The van der Waals surface area contributed by atoms with Crippen LogP contribution in [0.5, 0.6) is 0 Å². The molecule has 33 heavy (non-hydrogen) atoms. The summed E-state index contributed by atoms with van der Waals surface area (Å²) in [5.41, 5.74) is 0.962. The zero-order valence-corrected chi connectivity index (χ0v) is 19.8. The van der Waals surface area contributed by atoms with E-state index in [0.29, 0.717) is 5.92 Å². The summed E-state index contributed by atoms with van der Waals surface area (Å²) >= 11 is 0. The third-order valence-electron chi connectivity index (χ3n) is 7.93. The van der Waals surface area contributed by atoms with Crippen LogP contribution in [0.2, 0.25) is 0 Å². The van der Waals surface area contributed by atoms with Crippen molar-refractivity contribution in [2.24, 2.45) is 17.8 Å². The number of unbranched alkanes of at least 4 members (excludes halogenated alkanes) is 1. The predicted octanol–water partition coefficient (Wildman–Crippen LogP) is 9.32. The molecule has 2 aliphatic rings. The van der Waals surface area contributed by atoms with Gasteiger partial charge in [0.15, 0.2) is 17.5 Å². The van der Waals surface area contributed by atoms with Gasteiger partial charge >= 0.3 is 0 Å². The summed E-state index contributed by atoms with van der Waals surface area (Å²) in [6, 6.07) is 5.89. The molecule has 0 aliphatic heterocycles. The minimum absolute atomic E-state index is 0.386. The molecular weight excluding hydrogens is 419 g/mol. The first-order valence-electron chi connectivity index (χ1n) is 12.9. The van der Waals surface area contributed by atoms with Crippen LogP contribution in [-0.4, -0.2) is 0 Å². The summed E-state index contributed by atoms with van der Waals surface area (Å²) in [6.45, 7) is 0. The number of nitriles is 1. The fourth-order valence-electron chi connectivity index (χ4n) is 5.84. The maximum Gasteiger partial charge on any atom is 0.199 e. The highest BCUT2D eigenvalue weighted by Crippen LogP contribution is 2.39. The maximum absolute atomic E-state index is 13.5. The Kier molecular flexibility index (Phi) is 10.6. The molecule has 0 radical (unpaired) electrons. The monoisotopic (exact) mass is 457 g/mol. The number of rotatable bonds is 10. The normalized spacial score (nSPS) is 26.4. The first kappa shape index (κ1) is 25.6. The standard InChI is InChI=1S/C29H38F3N/c30-27(21-33)9-3-1-2-6-22-10-12-23(13-11-22)7-4-5-8-24-14-16-25(17-15-24)26-18-19-28(31)29(32)20-26/h1,3,9,18-20,22-25H,2,4-8,10-17H2/b3-1+,27-9-/t22-,23-,24-,25-. The van der Waals surface area contributed by atoms with E-state index in [-0.39, 0.29) is 0 Å². The fourth-order valence-corrected chi connectivity index (χ4v) is 5.84. The summed E-state index contributed by atoms with van der Waals surface area (Å²) < 4.78 is 39.4. The van der Waals surface area contributed by atoms with E-state index in [4.69, 9.17) is 5.26 Å². The molecule has 1 aromatic rings. The van der Waals surface area contributed by atoms with Crippen molar-refractivity contribution in [3.8, 4) is 6.07 Å². The molecule has 0 heterocycles.